The van der Waals surface area contributed by atoms with E-state index in [-0.39, 0.29) is 11.9 Å². The predicted molar refractivity (Wildman–Crippen MR) is 86.1 cm³/mol. The van der Waals surface area contributed by atoms with Crippen LogP contribution in [0.25, 0.3) is 0 Å². The van der Waals surface area contributed by atoms with Gasteiger partial charge in [0, 0.05) is 19.4 Å². The number of rotatable bonds is 6. The molecule has 0 saturated carbocycles. The van der Waals surface area contributed by atoms with Gasteiger partial charge in [-0.2, -0.15) is 0 Å². The number of aryl methyl sites for hydroxylation is 1. The zero-order chi connectivity index (χ0) is 15.2. The molecule has 1 unspecified atom stereocenters. The monoisotopic (exact) mass is 303 g/mol. The Morgan fingerprint density at radius 2 is 2.05 bits per heavy atom. The van der Waals surface area contributed by atoms with E-state index in [4.69, 9.17) is 0 Å². The van der Waals surface area contributed by atoms with E-state index < -0.39 is 0 Å². The van der Waals surface area contributed by atoms with Crippen molar-refractivity contribution in [1.82, 2.24) is 14.9 Å². The minimum atomic E-state index is 0.0329. The second kappa shape index (κ2) is 7.31. The van der Waals surface area contributed by atoms with E-state index in [1.165, 1.54) is 11.8 Å². The topological polar surface area (TPSA) is 46.9 Å². The number of imidazole rings is 1. The molecule has 0 saturated heterocycles. The molecule has 0 radical (unpaired) electrons. The summed E-state index contributed by atoms with van der Waals surface area (Å²) in [5.74, 6) is 0.751. The van der Waals surface area contributed by atoms with Gasteiger partial charge in [0.05, 0.1) is 11.8 Å². The standard InChI is InChI=1S/C16H21N3OS/c1-12(2)15(13-7-5-4-6-8-13)18-14(20)11-21-16-17-9-10-19(16)3/h4-10,12,15H,11H2,1-3H3,(H,18,20). The van der Waals surface area contributed by atoms with E-state index >= 15 is 0 Å². The summed E-state index contributed by atoms with van der Waals surface area (Å²) in [5, 5.41) is 3.97. The van der Waals surface area contributed by atoms with Gasteiger partial charge >= 0.3 is 0 Å². The molecule has 0 aliphatic rings. The molecule has 0 spiro atoms. The lowest BCUT2D eigenvalue weighted by Gasteiger charge is -2.22. The van der Waals surface area contributed by atoms with Crippen molar-refractivity contribution in [2.45, 2.75) is 25.0 Å². The molecule has 1 atom stereocenters. The fourth-order valence-corrected chi connectivity index (χ4v) is 2.87. The van der Waals surface area contributed by atoms with Gasteiger partial charge in [0.25, 0.3) is 0 Å². The molecule has 1 heterocycles. The van der Waals surface area contributed by atoms with Crippen molar-refractivity contribution in [3.63, 3.8) is 0 Å². The first-order chi connectivity index (χ1) is 10.1. The quantitative estimate of drug-likeness (QED) is 0.834. The molecule has 0 aliphatic heterocycles. The number of amides is 1. The number of carbonyl (C=O) groups excluding carboxylic acids is 1. The Morgan fingerprint density at radius 1 is 1.33 bits per heavy atom. The number of nitrogens with zero attached hydrogens (tertiary/aromatic N) is 2. The molecule has 112 valence electrons. The van der Waals surface area contributed by atoms with Crippen molar-refractivity contribution < 1.29 is 4.79 Å². The van der Waals surface area contributed by atoms with Crippen molar-refractivity contribution in [3.8, 4) is 0 Å². The highest BCUT2D eigenvalue weighted by Crippen LogP contribution is 2.22. The first-order valence-electron chi connectivity index (χ1n) is 7.02. The van der Waals surface area contributed by atoms with Crippen molar-refractivity contribution in [2.24, 2.45) is 13.0 Å². The maximum Gasteiger partial charge on any atom is 0.230 e. The molecule has 4 nitrogen and oxygen atoms in total. The van der Waals surface area contributed by atoms with Gasteiger partial charge in [-0.1, -0.05) is 55.9 Å². The highest BCUT2D eigenvalue weighted by atomic mass is 32.2. The molecule has 1 aromatic heterocycles. The van der Waals surface area contributed by atoms with Gasteiger partial charge in [0.15, 0.2) is 5.16 Å². The Kier molecular flexibility index (Phi) is 5.44. The number of benzene rings is 1. The Balaban J connectivity index is 1.94. The smallest absolute Gasteiger partial charge is 0.230 e. The summed E-state index contributed by atoms with van der Waals surface area (Å²) in [6, 6.07) is 10.1. The molecule has 2 rings (SSSR count). The van der Waals surface area contributed by atoms with Gasteiger partial charge < -0.3 is 9.88 Å². The average molecular weight is 303 g/mol. The van der Waals surface area contributed by atoms with Crippen LogP contribution in [0.3, 0.4) is 0 Å². The lowest BCUT2D eigenvalue weighted by Crippen LogP contribution is -2.33. The summed E-state index contributed by atoms with van der Waals surface area (Å²) < 4.78 is 1.91. The van der Waals surface area contributed by atoms with E-state index in [1.807, 2.05) is 36.0 Å². The number of hydrogen-bond acceptors (Lipinski definition) is 3. The first-order valence-corrected chi connectivity index (χ1v) is 8.01. The van der Waals surface area contributed by atoms with E-state index in [2.05, 4.69) is 36.3 Å². The van der Waals surface area contributed by atoms with Gasteiger partial charge in [-0.3, -0.25) is 4.79 Å². The highest BCUT2D eigenvalue weighted by molar-refractivity contribution is 7.99. The first kappa shape index (κ1) is 15.6. The molecule has 0 bridgehead atoms. The largest absolute Gasteiger partial charge is 0.348 e. The molecule has 1 N–H and O–H groups in total. The van der Waals surface area contributed by atoms with Crippen LogP contribution in [0.4, 0.5) is 0 Å². The lowest BCUT2D eigenvalue weighted by atomic mass is 9.96. The zero-order valence-corrected chi connectivity index (χ0v) is 13.4. The molecular formula is C16H21N3OS. The van der Waals surface area contributed by atoms with Gasteiger partial charge in [-0.25, -0.2) is 4.98 Å². The normalized spacial score (nSPS) is 12.4. The van der Waals surface area contributed by atoms with Crippen LogP contribution < -0.4 is 5.32 Å². The second-order valence-corrected chi connectivity index (χ2v) is 6.25. The Morgan fingerprint density at radius 3 is 2.62 bits per heavy atom. The van der Waals surface area contributed by atoms with Crippen molar-refractivity contribution in [2.75, 3.05) is 5.75 Å². The van der Waals surface area contributed by atoms with Crippen LogP contribution in [0.2, 0.25) is 0 Å². The maximum absolute atomic E-state index is 12.2. The highest BCUT2D eigenvalue weighted by Gasteiger charge is 2.18. The van der Waals surface area contributed by atoms with Crippen molar-refractivity contribution in [1.29, 1.82) is 0 Å². The van der Waals surface area contributed by atoms with E-state index in [0.717, 1.165) is 10.7 Å². The molecule has 5 heteroatoms. The molecule has 1 amide bonds. The number of nitrogens with one attached hydrogen (secondary N) is 1. The lowest BCUT2D eigenvalue weighted by molar-refractivity contribution is -0.119. The third-order valence-electron chi connectivity index (χ3n) is 3.25. The van der Waals surface area contributed by atoms with E-state index in [9.17, 15) is 4.79 Å². The molecule has 0 aliphatic carbocycles. The average Bonchev–Trinajstić information content (AvgIpc) is 2.88. The van der Waals surface area contributed by atoms with Gasteiger partial charge in [0.2, 0.25) is 5.91 Å². The fourth-order valence-electron chi connectivity index (χ4n) is 2.13. The van der Waals surface area contributed by atoms with Crippen LogP contribution in [-0.4, -0.2) is 21.2 Å². The SMILES string of the molecule is CC(C)C(NC(=O)CSc1nccn1C)c1ccccc1. The maximum atomic E-state index is 12.2. The van der Waals surface area contributed by atoms with Gasteiger partial charge in [-0.15, -0.1) is 0 Å². The molecule has 2 aromatic rings. The Hall–Kier alpha value is -1.75. The van der Waals surface area contributed by atoms with Gasteiger partial charge in [-0.05, 0) is 11.5 Å². The minimum absolute atomic E-state index is 0.0329. The zero-order valence-electron chi connectivity index (χ0n) is 12.6. The van der Waals surface area contributed by atoms with Crippen LogP contribution in [0.5, 0.6) is 0 Å². The van der Waals surface area contributed by atoms with E-state index in [0.29, 0.717) is 11.7 Å². The van der Waals surface area contributed by atoms with Crippen LogP contribution >= 0.6 is 11.8 Å². The molecular weight excluding hydrogens is 282 g/mol. The summed E-state index contributed by atoms with van der Waals surface area (Å²) in [4.78, 5) is 16.4. The van der Waals surface area contributed by atoms with Crippen molar-refractivity contribution in [3.05, 3.63) is 48.3 Å². The minimum Gasteiger partial charge on any atom is -0.348 e. The van der Waals surface area contributed by atoms with Crippen LogP contribution in [0, 0.1) is 5.92 Å². The Bertz CT molecular complexity index is 580. The van der Waals surface area contributed by atoms with Crippen LogP contribution in [-0.2, 0) is 11.8 Å². The summed E-state index contributed by atoms with van der Waals surface area (Å²) >= 11 is 1.45. The van der Waals surface area contributed by atoms with E-state index in [1.54, 1.807) is 6.20 Å². The summed E-state index contributed by atoms with van der Waals surface area (Å²) in [5.41, 5.74) is 1.14. The number of thioether (sulfide) groups is 1. The summed E-state index contributed by atoms with van der Waals surface area (Å²) in [6.07, 6.45) is 3.61. The third kappa shape index (κ3) is 4.36. The predicted octanol–water partition coefficient (Wildman–Crippen LogP) is 3.03. The van der Waals surface area contributed by atoms with Crippen LogP contribution in [0.15, 0.2) is 47.9 Å². The van der Waals surface area contributed by atoms with Crippen LogP contribution in [0.1, 0.15) is 25.5 Å². The van der Waals surface area contributed by atoms with Gasteiger partial charge in [0.1, 0.15) is 0 Å². The number of aromatic nitrogens is 2. The summed E-state index contributed by atoms with van der Waals surface area (Å²) in [7, 11) is 1.92. The van der Waals surface area contributed by atoms with Crippen molar-refractivity contribution >= 4 is 17.7 Å². The third-order valence-corrected chi connectivity index (χ3v) is 4.31. The molecule has 21 heavy (non-hydrogen) atoms. The second-order valence-electron chi connectivity index (χ2n) is 5.31. The molecule has 1 aromatic carbocycles. The summed E-state index contributed by atoms with van der Waals surface area (Å²) in [6.45, 7) is 4.23. The fraction of sp³-hybridized carbons (Fsp3) is 0.375. The molecule has 0 fully saturated rings. The number of hydrogen-bond donors (Lipinski definition) is 1. The Labute approximate surface area is 130 Å². The number of carbonyl (C=O) groups is 1.